The van der Waals surface area contributed by atoms with Gasteiger partial charge in [-0.05, 0) is 91.7 Å². The Morgan fingerprint density at radius 1 is 1.26 bits per heavy atom. The molecule has 1 amide bonds. The van der Waals surface area contributed by atoms with Gasteiger partial charge in [0.15, 0.2) is 5.13 Å². The van der Waals surface area contributed by atoms with Crippen molar-refractivity contribution in [2.45, 2.75) is 90.9 Å². The van der Waals surface area contributed by atoms with Gasteiger partial charge in [0.2, 0.25) is 5.91 Å². The number of aryl methyl sites for hydroxylation is 2. The lowest BCUT2D eigenvalue weighted by atomic mass is 9.53. The first-order chi connectivity index (χ1) is 19.4. The molecule has 5 rings (SSSR count). The van der Waals surface area contributed by atoms with Gasteiger partial charge in [-0.1, -0.05) is 38.9 Å². The van der Waals surface area contributed by atoms with Gasteiger partial charge >= 0.3 is 5.97 Å². The molecular formula is C32H45ClN4O4S. The lowest BCUT2D eigenvalue weighted by molar-refractivity contribution is -0.132. The molecule has 5 atom stereocenters. The van der Waals surface area contributed by atoms with Crippen LogP contribution in [0.15, 0.2) is 23.5 Å². The molecule has 10 heteroatoms. The molecule has 1 aromatic carbocycles. The van der Waals surface area contributed by atoms with E-state index in [4.69, 9.17) is 15.3 Å². The summed E-state index contributed by atoms with van der Waals surface area (Å²) in [6.07, 6.45) is 8.06. The monoisotopic (exact) mass is 616 g/mol. The van der Waals surface area contributed by atoms with Crippen LogP contribution in [0, 0.1) is 30.1 Å². The van der Waals surface area contributed by atoms with E-state index >= 15 is 0 Å². The van der Waals surface area contributed by atoms with Gasteiger partial charge in [0.05, 0.1) is 12.3 Å². The Bertz CT molecular complexity index is 1350. The number of benzene rings is 1. The Morgan fingerprint density at radius 2 is 2.02 bits per heavy atom. The van der Waals surface area contributed by atoms with Crippen LogP contribution in [0.3, 0.4) is 0 Å². The minimum Gasteiger partial charge on any atom is -0.425 e. The highest BCUT2D eigenvalue weighted by atomic mass is 35.5. The Labute approximate surface area is 259 Å². The van der Waals surface area contributed by atoms with Gasteiger partial charge in [0.25, 0.3) is 0 Å². The fourth-order valence-corrected chi connectivity index (χ4v) is 8.62. The summed E-state index contributed by atoms with van der Waals surface area (Å²) >= 11 is 1.50. The predicted molar refractivity (Wildman–Crippen MR) is 170 cm³/mol. The number of anilines is 1. The molecule has 0 saturated heterocycles. The molecule has 3 N–H and O–H groups in total. The molecule has 0 radical (unpaired) electrons. The predicted octanol–water partition coefficient (Wildman–Crippen LogP) is 6.54. The van der Waals surface area contributed by atoms with E-state index in [2.05, 4.69) is 55.3 Å². The Hall–Kier alpha value is -2.49. The number of oxime groups is 1. The molecule has 0 spiro atoms. The topological polar surface area (TPSA) is 116 Å². The molecule has 230 valence electrons. The molecule has 0 bridgehead atoms. The van der Waals surface area contributed by atoms with Gasteiger partial charge in [0, 0.05) is 28.5 Å². The van der Waals surface area contributed by atoms with Crippen LogP contribution in [0.2, 0.25) is 0 Å². The second-order valence-corrected chi connectivity index (χ2v) is 14.5. The second-order valence-electron chi connectivity index (χ2n) is 13.3. The standard InChI is InChI=1S/C32H44N4O4S.ClH/c1-18-17-34-30(41-18)35-27(37)10-8-20-14-26(36-39-6)32(5)12-11-21-22(29(20)32)9-7-19-13-25(40-28(38)16-33)24(15-23(19)21)31(2,3)4;/h13,15,17,20-22,29H,7-12,14,16,33H2,1-6H3,(H,34,35,37);1H/b36-26+;/t20-,21?,22?,29?,32-;/m1./s1. The molecule has 8 nitrogen and oxygen atoms in total. The van der Waals surface area contributed by atoms with Crippen LogP contribution in [0.4, 0.5) is 5.13 Å². The summed E-state index contributed by atoms with van der Waals surface area (Å²) in [5.74, 6) is 1.95. The quantitative estimate of drug-likeness (QED) is 0.207. The molecule has 1 heterocycles. The summed E-state index contributed by atoms with van der Waals surface area (Å²) < 4.78 is 5.73. The van der Waals surface area contributed by atoms with Crippen LogP contribution in [0.5, 0.6) is 5.75 Å². The number of carbonyl (C=O) groups is 2. The average Bonchev–Trinajstić information content (AvgIpc) is 3.45. The Balaban J connectivity index is 0.00000405. The fraction of sp³-hybridized carbons (Fsp3) is 0.625. The maximum atomic E-state index is 12.9. The summed E-state index contributed by atoms with van der Waals surface area (Å²) in [5, 5.41) is 8.20. The molecule has 3 unspecified atom stereocenters. The maximum absolute atomic E-state index is 12.9. The van der Waals surface area contributed by atoms with Crippen LogP contribution >= 0.6 is 23.7 Å². The van der Waals surface area contributed by atoms with E-state index in [-0.39, 0.29) is 35.7 Å². The number of nitrogens with two attached hydrogens (primary N) is 1. The average molecular weight is 617 g/mol. The number of hydrogen-bond acceptors (Lipinski definition) is 8. The van der Waals surface area contributed by atoms with Crippen molar-refractivity contribution in [2.24, 2.45) is 34.1 Å². The SMILES string of the molecule is CO/N=C1\C[C@@H](CCC(=O)Nc2ncc(C)s2)C2C3CCc4cc(OC(=O)CN)c(C(C)(C)C)cc4C3CC[C@]12C.Cl. The van der Waals surface area contributed by atoms with Crippen molar-refractivity contribution in [3.63, 3.8) is 0 Å². The number of ether oxygens (including phenoxy) is 1. The normalized spacial score (nSPS) is 27.4. The van der Waals surface area contributed by atoms with Crippen LogP contribution in [-0.2, 0) is 26.3 Å². The second kappa shape index (κ2) is 12.6. The smallest absolute Gasteiger partial charge is 0.325 e. The fourth-order valence-electron chi connectivity index (χ4n) is 7.94. The number of nitrogens with one attached hydrogen (secondary N) is 1. The highest BCUT2D eigenvalue weighted by Gasteiger charge is 2.57. The van der Waals surface area contributed by atoms with Crippen LogP contribution in [0.25, 0.3) is 0 Å². The van der Waals surface area contributed by atoms with Crippen molar-refractivity contribution < 1.29 is 19.2 Å². The number of hydrogen-bond donors (Lipinski definition) is 2. The Kier molecular flexibility index (Phi) is 9.75. The van der Waals surface area contributed by atoms with Gasteiger partial charge in [-0.2, -0.15) is 0 Å². The number of nitrogens with zero attached hydrogens (tertiary/aromatic N) is 2. The molecule has 42 heavy (non-hydrogen) atoms. The van der Waals surface area contributed by atoms with Crippen LogP contribution in [0.1, 0.15) is 93.7 Å². The van der Waals surface area contributed by atoms with Gasteiger partial charge in [0.1, 0.15) is 12.9 Å². The van der Waals surface area contributed by atoms with Crippen molar-refractivity contribution >= 4 is 46.5 Å². The summed E-state index contributed by atoms with van der Waals surface area (Å²) in [5.41, 5.74) is 10.2. The zero-order valence-corrected chi connectivity index (χ0v) is 27.3. The van der Waals surface area contributed by atoms with Gasteiger partial charge in [-0.25, -0.2) is 4.98 Å². The van der Waals surface area contributed by atoms with E-state index in [1.807, 2.05) is 6.92 Å². The lowest BCUT2D eigenvalue weighted by Gasteiger charge is -2.50. The van der Waals surface area contributed by atoms with E-state index in [9.17, 15) is 9.59 Å². The molecule has 2 saturated carbocycles. The van der Waals surface area contributed by atoms with Crippen molar-refractivity contribution in [3.8, 4) is 5.75 Å². The van der Waals surface area contributed by atoms with E-state index in [1.165, 1.54) is 22.5 Å². The summed E-state index contributed by atoms with van der Waals surface area (Å²) in [7, 11) is 1.63. The number of esters is 1. The largest absolute Gasteiger partial charge is 0.425 e. The van der Waals surface area contributed by atoms with Gasteiger partial charge < -0.3 is 20.6 Å². The number of amides is 1. The van der Waals surface area contributed by atoms with E-state index in [0.29, 0.717) is 41.0 Å². The van der Waals surface area contributed by atoms with Crippen molar-refractivity contribution in [1.82, 2.24) is 4.98 Å². The highest BCUT2D eigenvalue weighted by Crippen LogP contribution is 2.63. The van der Waals surface area contributed by atoms with Gasteiger partial charge in [-0.15, -0.1) is 23.7 Å². The number of halogens is 1. The Morgan fingerprint density at radius 3 is 2.67 bits per heavy atom. The number of carbonyl (C=O) groups excluding carboxylic acids is 2. The van der Waals surface area contributed by atoms with Crippen LogP contribution < -0.4 is 15.8 Å². The van der Waals surface area contributed by atoms with Crippen molar-refractivity contribution in [3.05, 3.63) is 39.9 Å². The molecule has 2 fully saturated rings. The molecule has 3 aliphatic rings. The van der Waals surface area contributed by atoms with Gasteiger partial charge in [-0.3, -0.25) is 9.59 Å². The van der Waals surface area contributed by atoms with E-state index in [0.717, 1.165) is 54.7 Å². The molecule has 1 aromatic heterocycles. The maximum Gasteiger partial charge on any atom is 0.325 e. The first kappa shape index (κ1) is 32.4. The first-order valence-electron chi connectivity index (χ1n) is 14.9. The highest BCUT2D eigenvalue weighted by molar-refractivity contribution is 7.15. The third-order valence-corrected chi connectivity index (χ3v) is 10.5. The van der Waals surface area contributed by atoms with E-state index < -0.39 is 5.97 Å². The molecule has 3 aliphatic carbocycles. The van der Waals surface area contributed by atoms with Crippen LogP contribution in [-0.4, -0.2) is 36.2 Å². The lowest BCUT2D eigenvalue weighted by Crippen LogP contribution is -2.44. The zero-order valence-electron chi connectivity index (χ0n) is 25.6. The number of fused-ring (bicyclic) bond motifs is 5. The molecular weight excluding hydrogens is 572 g/mol. The third kappa shape index (κ3) is 6.24. The molecule has 2 aromatic rings. The summed E-state index contributed by atoms with van der Waals surface area (Å²) in [4.78, 5) is 35.8. The van der Waals surface area contributed by atoms with Crippen molar-refractivity contribution in [1.29, 1.82) is 0 Å². The number of aromatic nitrogens is 1. The number of thiazole rings is 1. The van der Waals surface area contributed by atoms with Crippen molar-refractivity contribution in [2.75, 3.05) is 19.0 Å². The number of rotatable bonds is 7. The first-order valence-corrected chi connectivity index (χ1v) is 15.7. The zero-order chi connectivity index (χ0) is 29.5. The minimum absolute atomic E-state index is 0. The minimum atomic E-state index is -0.412. The summed E-state index contributed by atoms with van der Waals surface area (Å²) in [6, 6.07) is 4.41. The van der Waals surface area contributed by atoms with E-state index in [1.54, 1.807) is 13.3 Å². The summed E-state index contributed by atoms with van der Waals surface area (Å²) in [6.45, 7) is 10.7. The molecule has 0 aliphatic heterocycles. The third-order valence-electron chi connectivity index (χ3n) is 9.71.